The van der Waals surface area contributed by atoms with E-state index < -0.39 is 0 Å². The second-order valence-corrected chi connectivity index (χ2v) is 1.21. The summed E-state index contributed by atoms with van der Waals surface area (Å²) in [5.41, 5.74) is 5.01. The predicted molar refractivity (Wildman–Crippen MR) is 31.3 cm³/mol. The molecule has 2 heteroatoms. The van der Waals surface area contributed by atoms with E-state index in [1.54, 1.807) is 0 Å². The van der Waals surface area contributed by atoms with Gasteiger partial charge in [0.15, 0.2) is 0 Å². The number of nitrogens with two attached hydrogens (primary N) is 1. The zero-order chi connectivity index (χ0) is 5.54. The molecule has 0 aromatic carbocycles. The molecule has 0 amide bonds. The maximum atomic E-state index is 6.58. The van der Waals surface area contributed by atoms with Crippen LogP contribution in [0.1, 0.15) is 12.8 Å². The molecular formula is C5H10N2. The normalized spacial score (nSPS) is 9.71. The van der Waals surface area contributed by atoms with Crippen molar-refractivity contribution in [2.45, 2.75) is 12.8 Å². The van der Waals surface area contributed by atoms with Crippen LogP contribution in [0.15, 0.2) is 12.3 Å². The molecule has 0 aromatic rings. The molecule has 0 spiro atoms. The lowest BCUT2D eigenvalue weighted by Gasteiger charge is -1.78. The third-order valence-corrected chi connectivity index (χ3v) is 0.614. The summed E-state index contributed by atoms with van der Waals surface area (Å²) in [4.78, 5) is 0. The van der Waals surface area contributed by atoms with E-state index in [4.69, 9.17) is 11.1 Å². The second kappa shape index (κ2) is 5.21. The van der Waals surface area contributed by atoms with Gasteiger partial charge < -0.3 is 11.1 Å². The first kappa shape index (κ1) is 6.21. The second-order valence-electron chi connectivity index (χ2n) is 1.21. The first-order chi connectivity index (χ1) is 3.41. The van der Waals surface area contributed by atoms with Crippen molar-refractivity contribution >= 4 is 6.21 Å². The number of hydrogen-bond acceptors (Lipinski definition) is 2. The summed E-state index contributed by atoms with van der Waals surface area (Å²) < 4.78 is 0. The molecule has 3 N–H and O–H groups in total. The van der Waals surface area contributed by atoms with Crippen molar-refractivity contribution < 1.29 is 0 Å². The minimum absolute atomic E-state index is 0.799. The summed E-state index contributed by atoms with van der Waals surface area (Å²) in [7, 11) is 0. The molecule has 40 valence electrons. The maximum absolute atomic E-state index is 6.58. The topological polar surface area (TPSA) is 49.9 Å². The Morgan fingerprint density at radius 3 is 2.57 bits per heavy atom. The molecule has 0 heterocycles. The fourth-order valence-electron chi connectivity index (χ4n) is 0.276. The average molecular weight is 98.1 g/mol. The highest BCUT2D eigenvalue weighted by molar-refractivity contribution is 5.52. The summed E-state index contributed by atoms with van der Waals surface area (Å²) in [6.07, 6.45) is 6.40. The Labute approximate surface area is 43.5 Å². The van der Waals surface area contributed by atoms with E-state index >= 15 is 0 Å². The highest BCUT2D eigenvalue weighted by Crippen LogP contribution is 1.82. The minimum atomic E-state index is 0.799. The van der Waals surface area contributed by atoms with E-state index in [2.05, 4.69) is 0 Å². The molecule has 7 heavy (non-hydrogen) atoms. The molecule has 2 nitrogen and oxygen atoms in total. The molecule has 0 radical (unpaired) electrons. The predicted octanol–water partition coefficient (Wildman–Crippen LogP) is 0.889. The fourth-order valence-corrected chi connectivity index (χ4v) is 0.276. The van der Waals surface area contributed by atoms with Crippen LogP contribution in [-0.4, -0.2) is 6.21 Å². The van der Waals surface area contributed by atoms with E-state index in [0.717, 1.165) is 12.8 Å². The van der Waals surface area contributed by atoms with Crippen molar-refractivity contribution in [2.75, 3.05) is 0 Å². The first-order valence-electron chi connectivity index (χ1n) is 2.27. The summed E-state index contributed by atoms with van der Waals surface area (Å²) in [5, 5.41) is 6.58. The SMILES string of the molecule is N=CCC/C=C\N. The molecule has 0 saturated heterocycles. The van der Waals surface area contributed by atoms with Gasteiger partial charge in [-0.15, -0.1) is 0 Å². The van der Waals surface area contributed by atoms with Gasteiger partial charge in [0.1, 0.15) is 0 Å². The monoisotopic (exact) mass is 98.1 g/mol. The van der Waals surface area contributed by atoms with Gasteiger partial charge in [-0.2, -0.15) is 0 Å². The molecule has 0 bridgehead atoms. The number of nitrogens with one attached hydrogen (secondary N) is 1. The molecule has 0 rings (SSSR count). The summed E-state index contributed by atoms with van der Waals surface area (Å²) >= 11 is 0. The van der Waals surface area contributed by atoms with Crippen molar-refractivity contribution in [1.82, 2.24) is 0 Å². The van der Waals surface area contributed by atoms with Crippen molar-refractivity contribution in [3.05, 3.63) is 12.3 Å². The average Bonchev–Trinajstić information content (AvgIpc) is 1.69. The Morgan fingerprint density at radius 1 is 1.43 bits per heavy atom. The van der Waals surface area contributed by atoms with Crippen LogP contribution in [0.25, 0.3) is 0 Å². The van der Waals surface area contributed by atoms with Crippen molar-refractivity contribution in [3.63, 3.8) is 0 Å². The standard InChI is InChI=1S/C5H10N2/c6-4-2-1-3-5-7/h2,4-5,7H,1,3,6H2/b4-2-,7-5?. The van der Waals surface area contributed by atoms with Crippen LogP contribution in [0.3, 0.4) is 0 Å². The lowest BCUT2D eigenvalue weighted by Crippen LogP contribution is -1.76. The Balaban J connectivity index is 2.82. The molecule has 0 fully saturated rings. The number of allylic oxidation sites excluding steroid dienone is 1. The third-order valence-electron chi connectivity index (χ3n) is 0.614. The highest BCUT2D eigenvalue weighted by atomic mass is 14.5. The lowest BCUT2D eigenvalue weighted by atomic mass is 10.3. The molecule has 0 aromatic heterocycles. The summed E-state index contributed by atoms with van der Waals surface area (Å²) in [6, 6.07) is 0. The molecule has 0 aliphatic heterocycles. The van der Waals surface area contributed by atoms with Crippen molar-refractivity contribution in [1.29, 1.82) is 5.41 Å². The number of rotatable bonds is 3. The van der Waals surface area contributed by atoms with Crippen molar-refractivity contribution in [3.8, 4) is 0 Å². The van der Waals surface area contributed by atoms with Crippen LogP contribution in [0, 0.1) is 5.41 Å². The van der Waals surface area contributed by atoms with Gasteiger partial charge in [-0.1, -0.05) is 6.08 Å². The van der Waals surface area contributed by atoms with Gasteiger partial charge in [0.2, 0.25) is 0 Å². The Bertz CT molecular complexity index is 66.5. The quantitative estimate of drug-likeness (QED) is 0.399. The van der Waals surface area contributed by atoms with E-state index in [1.165, 1.54) is 12.4 Å². The van der Waals surface area contributed by atoms with Crippen LogP contribution in [0.2, 0.25) is 0 Å². The van der Waals surface area contributed by atoms with E-state index in [9.17, 15) is 0 Å². The largest absolute Gasteiger partial charge is 0.405 e. The van der Waals surface area contributed by atoms with Gasteiger partial charge in [-0.25, -0.2) is 0 Å². The van der Waals surface area contributed by atoms with Gasteiger partial charge >= 0.3 is 0 Å². The number of hydrogen-bond donors (Lipinski definition) is 2. The van der Waals surface area contributed by atoms with Gasteiger partial charge in [0.25, 0.3) is 0 Å². The molecule has 0 unspecified atom stereocenters. The molecular weight excluding hydrogens is 88.1 g/mol. The zero-order valence-electron chi connectivity index (χ0n) is 4.22. The van der Waals surface area contributed by atoms with E-state index in [1.807, 2.05) is 6.08 Å². The summed E-state index contributed by atoms with van der Waals surface area (Å²) in [6.45, 7) is 0. The van der Waals surface area contributed by atoms with Gasteiger partial charge in [0, 0.05) is 0 Å². The van der Waals surface area contributed by atoms with E-state index in [0.29, 0.717) is 0 Å². The highest BCUT2D eigenvalue weighted by Gasteiger charge is 1.70. The zero-order valence-corrected chi connectivity index (χ0v) is 4.22. The molecule has 0 aliphatic rings. The Hall–Kier alpha value is -0.790. The van der Waals surface area contributed by atoms with Crippen LogP contribution in [0.4, 0.5) is 0 Å². The van der Waals surface area contributed by atoms with Crippen molar-refractivity contribution in [2.24, 2.45) is 5.73 Å². The van der Waals surface area contributed by atoms with Crippen LogP contribution in [-0.2, 0) is 0 Å². The Kier molecular flexibility index (Phi) is 4.62. The maximum Gasteiger partial charge on any atom is -0.00447 e. The van der Waals surface area contributed by atoms with Crippen LogP contribution in [0.5, 0.6) is 0 Å². The molecule has 0 saturated carbocycles. The van der Waals surface area contributed by atoms with E-state index in [-0.39, 0.29) is 0 Å². The minimum Gasteiger partial charge on any atom is -0.405 e. The lowest BCUT2D eigenvalue weighted by molar-refractivity contribution is 1.10. The molecule has 0 aliphatic carbocycles. The van der Waals surface area contributed by atoms with Gasteiger partial charge in [0.05, 0.1) is 0 Å². The van der Waals surface area contributed by atoms with Gasteiger partial charge in [-0.3, -0.25) is 0 Å². The summed E-state index contributed by atoms with van der Waals surface area (Å²) in [5.74, 6) is 0. The third kappa shape index (κ3) is 5.21. The number of unbranched alkanes of at least 4 members (excludes halogenated alkanes) is 1. The Morgan fingerprint density at radius 2 is 2.14 bits per heavy atom. The smallest absolute Gasteiger partial charge is 0.00447 e. The molecule has 0 atom stereocenters. The first-order valence-corrected chi connectivity index (χ1v) is 2.27. The van der Waals surface area contributed by atoms with Gasteiger partial charge in [-0.05, 0) is 25.3 Å². The van der Waals surface area contributed by atoms with Crippen LogP contribution < -0.4 is 5.73 Å². The fraction of sp³-hybridized carbons (Fsp3) is 0.400. The van der Waals surface area contributed by atoms with Crippen LogP contribution >= 0.6 is 0 Å².